The summed E-state index contributed by atoms with van der Waals surface area (Å²) >= 11 is 0. The Labute approximate surface area is 115 Å². The Hall–Kier alpha value is -3.24. The Bertz CT molecular complexity index is 862. The first kappa shape index (κ1) is 11.8. The minimum atomic E-state index is 0.537. The van der Waals surface area contributed by atoms with Crippen LogP contribution in [0.1, 0.15) is 11.1 Å². The first-order valence-electron chi connectivity index (χ1n) is 6.10. The van der Waals surface area contributed by atoms with Crippen LogP contribution in [-0.4, -0.2) is 4.98 Å². The van der Waals surface area contributed by atoms with Gasteiger partial charge in [-0.3, -0.25) is 0 Å². The lowest BCUT2D eigenvalue weighted by Crippen LogP contribution is -1.95. The second kappa shape index (κ2) is 4.79. The normalized spacial score (nSPS) is 9.90. The topological polar surface area (TPSA) is 75.4 Å². The summed E-state index contributed by atoms with van der Waals surface area (Å²) in [5.41, 5.74) is 2.66. The molecule has 0 bridgehead atoms. The Morgan fingerprint density at radius 3 is 2.45 bits per heavy atom. The van der Waals surface area contributed by atoms with Crippen molar-refractivity contribution in [2.45, 2.75) is 0 Å². The zero-order chi connectivity index (χ0) is 13.9. The van der Waals surface area contributed by atoms with Crippen LogP contribution in [0, 0.1) is 22.7 Å². The summed E-state index contributed by atoms with van der Waals surface area (Å²) in [7, 11) is 0. The van der Waals surface area contributed by atoms with Crippen molar-refractivity contribution in [3.63, 3.8) is 0 Å². The van der Waals surface area contributed by atoms with Crippen LogP contribution in [0.25, 0.3) is 10.9 Å². The van der Waals surface area contributed by atoms with Gasteiger partial charge in [0.15, 0.2) is 0 Å². The number of rotatable bonds is 2. The van der Waals surface area contributed by atoms with Gasteiger partial charge >= 0.3 is 0 Å². The van der Waals surface area contributed by atoms with Crippen molar-refractivity contribution in [3.05, 3.63) is 59.7 Å². The van der Waals surface area contributed by atoms with E-state index in [2.05, 4.69) is 22.4 Å². The number of hydrogen-bond acceptors (Lipinski definition) is 3. The third-order valence-corrected chi connectivity index (χ3v) is 3.13. The van der Waals surface area contributed by atoms with Gasteiger partial charge in [-0.1, -0.05) is 30.3 Å². The molecule has 1 heterocycles. The predicted molar refractivity (Wildman–Crippen MR) is 77.5 cm³/mol. The average molecular weight is 258 g/mol. The van der Waals surface area contributed by atoms with Gasteiger partial charge in [0.2, 0.25) is 0 Å². The van der Waals surface area contributed by atoms with Gasteiger partial charge in [0.25, 0.3) is 0 Å². The van der Waals surface area contributed by atoms with Crippen molar-refractivity contribution in [1.82, 2.24) is 4.98 Å². The second-order valence-electron chi connectivity index (χ2n) is 4.31. The van der Waals surface area contributed by atoms with Crippen LogP contribution in [0.2, 0.25) is 0 Å². The first-order valence-corrected chi connectivity index (χ1v) is 6.10. The van der Waals surface area contributed by atoms with Crippen LogP contribution in [0.15, 0.2) is 48.5 Å². The van der Waals surface area contributed by atoms with Crippen LogP contribution in [0.3, 0.4) is 0 Å². The maximum atomic E-state index is 9.33. The molecule has 4 heteroatoms. The van der Waals surface area contributed by atoms with Crippen LogP contribution in [-0.2, 0) is 0 Å². The molecule has 0 unspecified atom stereocenters. The molecule has 2 N–H and O–H groups in total. The minimum absolute atomic E-state index is 0.537. The zero-order valence-electron chi connectivity index (χ0n) is 10.5. The Kier molecular flexibility index (Phi) is 2.84. The average Bonchev–Trinajstić information content (AvgIpc) is 2.85. The third-order valence-electron chi connectivity index (χ3n) is 3.13. The smallest absolute Gasteiger partial charge is 0.127 e. The van der Waals surface area contributed by atoms with E-state index < -0.39 is 0 Å². The van der Waals surface area contributed by atoms with Gasteiger partial charge in [0, 0.05) is 10.9 Å². The molecular weight excluding hydrogens is 248 g/mol. The van der Waals surface area contributed by atoms with E-state index in [9.17, 15) is 5.26 Å². The molecule has 94 valence electrons. The van der Waals surface area contributed by atoms with Crippen molar-refractivity contribution in [2.24, 2.45) is 0 Å². The summed E-state index contributed by atoms with van der Waals surface area (Å²) in [5.74, 6) is 0.608. The molecular formula is C16H10N4. The minimum Gasteiger partial charge on any atom is -0.340 e. The number of nitriles is 2. The number of para-hydroxylation sites is 2. The molecule has 3 aromatic rings. The fraction of sp³-hybridized carbons (Fsp3) is 0. The molecule has 20 heavy (non-hydrogen) atoms. The highest BCUT2D eigenvalue weighted by Gasteiger charge is 2.11. The van der Waals surface area contributed by atoms with E-state index in [-0.39, 0.29) is 0 Å². The van der Waals surface area contributed by atoms with Crippen molar-refractivity contribution >= 4 is 22.4 Å². The van der Waals surface area contributed by atoms with Gasteiger partial charge in [0.1, 0.15) is 23.5 Å². The molecule has 0 atom stereocenters. The van der Waals surface area contributed by atoms with E-state index in [1.165, 1.54) is 0 Å². The number of aromatic nitrogens is 1. The molecule has 0 saturated heterocycles. The van der Waals surface area contributed by atoms with Gasteiger partial charge in [-0.15, -0.1) is 0 Å². The first-order chi connectivity index (χ1) is 9.83. The molecule has 1 aromatic heterocycles. The van der Waals surface area contributed by atoms with Crippen LogP contribution in [0.4, 0.5) is 11.5 Å². The van der Waals surface area contributed by atoms with Gasteiger partial charge in [0.05, 0.1) is 11.3 Å². The number of anilines is 2. The van der Waals surface area contributed by atoms with E-state index in [0.29, 0.717) is 22.6 Å². The standard InChI is InChI=1S/C16H10N4/c17-9-11-5-1-3-7-14(11)19-16-13(10-18)12-6-2-4-8-15(12)20-16/h1-8,19-20H. The number of benzene rings is 2. The SMILES string of the molecule is N#Cc1ccccc1Nc1[nH]c2ccccc2c1C#N. The Morgan fingerprint density at radius 1 is 0.900 bits per heavy atom. The predicted octanol–water partition coefficient (Wildman–Crippen LogP) is 3.65. The molecule has 0 aliphatic rings. The molecule has 0 fully saturated rings. The van der Waals surface area contributed by atoms with Crippen LogP contribution < -0.4 is 5.32 Å². The van der Waals surface area contributed by atoms with E-state index in [4.69, 9.17) is 5.26 Å². The molecule has 0 saturated carbocycles. The molecule has 0 radical (unpaired) electrons. The van der Waals surface area contributed by atoms with E-state index in [0.717, 1.165) is 10.9 Å². The Balaban J connectivity index is 2.12. The van der Waals surface area contributed by atoms with Crippen molar-refractivity contribution < 1.29 is 0 Å². The van der Waals surface area contributed by atoms with Crippen LogP contribution in [0.5, 0.6) is 0 Å². The number of nitrogens with zero attached hydrogens (tertiary/aromatic N) is 2. The van der Waals surface area contributed by atoms with E-state index in [1.807, 2.05) is 36.4 Å². The maximum absolute atomic E-state index is 9.33. The van der Waals surface area contributed by atoms with Gasteiger partial charge in [-0.2, -0.15) is 10.5 Å². The van der Waals surface area contributed by atoms with Crippen molar-refractivity contribution in [2.75, 3.05) is 5.32 Å². The van der Waals surface area contributed by atoms with Crippen LogP contribution >= 0.6 is 0 Å². The maximum Gasteiger partial charge on any atom is 0.127 e. The quantitative estimate of drug-likeness (QED) is 0.736. The van der Waals surface area contributed by atoms with Gasteiger partial charge < -0.3 is 10.3 Å². The highest BCUT2D eigenvalue weighted by Crippen LogP contribution is 2.28. The lowest BCUT2D eigenvalue weighted by atomic mass is 10.1. The Morgan fingerprint density at radius 2 is 1.65 bits per heavy atom. The fourth-order valence-electron chi connectivity index (χ4n) is 2.18. The summed E-state index contributed by atoms with van der Waals surface area (Å²) in [6, 6.07) is 19.1. The molecule has 4 nitrogen and oxygen atoms in total. The largest absolute Gasteiger partial charge is 0.340 e. The summed E-state index contributed by atoms with van der Waals surface area (Å²) in [6.45, 7) is 0. The summed E-state index contributed by atoms with van der Waals surface area (Å²) < 4.78 is 0. The lowest BCUT2D eigenvalue weighted by Gasteiger charge is -2.06. The highest BCUT2D eigenvalue weighted by molar-refractivity contribution is 5.92. The number of aromatic amines is 1. The van der Waals surface area contributed by atoms with Gasteiger partial charge in [-0.05, 0) is 18.2 Å². The summed E-state index contributed by atoms with van der Waals surface area (Å²) in [4.78, 5) is 3.17. The molecule has 3 rings (SSSR count). The molecule has 0 aliphatic carbocycles. The van der Waals surface area contributed by atoms with Gasteiger partial charge in [-0.25, -0.2) is 0 Å². The number of hydrogen-bond donors (Lipinski definition) is 2. The molecule has 2 aromatic carbocycles. The van der Waals surface area contributed by atoms with Crippen molar-refractivity contribution in [3.8, 4) is 12.1 Å². The fourth-order valence-corrected chi connectivity index (χ4v) is 2.18. The third kappa shape index (κ3) is 1.86. The second-order valence-corrected chi connectivity index (χ2v) is 4.31. The summed E-state index contributed by atoms with van der Waals surface area (Å²) in [5, 5.41) is 22.4. The number of nitrogens with one attached hydrogen (secondary N) is 2. The zero-order valence-corrected chi connectivity index (χ0v) is 10.5. The van der Waals surface area contributed by atoms with E-state index >= 15 is 0 Å². The molecule has 0 spiro atoms. The monoisotopic (exact) mass is 258 g/mol. The highest BCUT2D eigenvalue weighted by atomic mass is 15.0. The molecule has 0 amide bonds. The molecule has 0 aliphatic heterocycles. The number of fused-ring (bicyclic) bond motifs is 1. The summed E-state index contributed by atoms with van der Waals surface area (Å²) in [6.07, 6.45) is 0. The van der Waals surface area contributed by atoms with E-state index in [1.54, 1.807) is 12.1 Å². The van der Waals surface area contributed by atoms with Crippen molar-refractivity contribution in [1.29, 1.82) is 10.5 Å². The lowest BCUT2D eigenvalue weighted by molar-refractivity contribution is 1.38. The number of H-pyrrole nitrogens is 1.